The summed E-state index contributed by atoms with van der Waals surface area (Å²) in [5, 5.41) is 0. The number of rotatable bonds is 3. The normalized spacial score (nSPS) is 31.3. The molecular weight excluding hydrogens is 232 g/mol. The van der Waals surface area contributed by atoms with Gasteiger partial charge in [-0.1, -0.05) is 13.8 Å². The summed E-state index contributed by atoms with van der Waals surface area (Å²) in [6.45, 7) is 18.5. The van der Waals surface area contributed by atoms with Crippen molar-refractivity contribution in [2.45, 2.75) is 59.4 Å². The van der Waals surface area contributed by atoms with Crippen molar-refractivity contribution >= 4 is 0 Å². The molecule has 0 bridgehead atoms. The fraction of sp³-hybridized carbons (Fsp3) is 1.00. The molecule has 2 aliphatic heterocycles. The third-order valence-electron chi connectivity index (χ3n) is 5.24. The van der Waals surface area contributed by atoms with Crippen LogP contribution in [-0.2, 0) is 0 Å². The van der Waals surface area contributed by atoms with Gasteiger partial charge in [0.2, 0.25) is 0 Å². The van der Waals surface area contributed by atoms with Crippen molar-refractivity contribution < 1.29 is 0 Å². The van der Waals surface area contributed by atoms with Crippen LogP contribution < -0.4 is 0 Å². The van der Waals surface area contributed by atoms with E-state index in [1.54, 1.807) is 0 Å². The molecule has 0 N–H and O–H groups in total. The molecule has 19 heavy (non-hydrogen) atoms. The molecule has 0 aromatic heterocycles. The van der Waals surface area contributed by atoms with E-state index in [9.17, 15) is 0 Å². The lowest BCUT2D eigenvalue weighted by Gasteiger charge is -2.36. The third-order valence-corrected chi connectivity index (χ3v) is 5.24. The van der Waals surface area contributed by atoms with Crippen LogP contribution in [0.5, 0.6) is 0 Å². The molecule has 2 heteroatoms. The monoisotopic (exact) mass is 266 g/mol. The summed E-state index contributed by atoms with van der Waals surface area (Å²) < 4.78 is 0. The predicted octanol–water partition coefficient (Wildman–Crippen LogP) is 3.47. The van der Waals surface area contributed by atoms with E-state index in [0.717, 1.165) is 17.8 Å². The van der Waals surface area contributed by atoms with E-state index in [1.807, 2.05) is 0 Å². The minimum absolute atomic E-state index is 0.358. The molecule has 0 aromatic rings. The van der Waals surface area contributed by atoms with E-state index in [2.05, 4.69) is 44.4 Å². The molecule has 2 saturated heterocycles. The summed E-state index contributed by atoms with van der Waals surface area (Å²) in [4.78, 5) is 5.42. The number of hydrogen-bond acceptors (Lipinski definition) is 2. The van der Waals surface area contributed by atoms with Gasteiger partial charge in [-0.3, -0.25) is 4.90 Å². The molecule has 0 spiro atoms. The van der Waals surface area contributed by atoms with Crippen molar-refractivity contribution in [1.82, 2.24) is 9.80 Å². The predicted molar refractivity (Wildman–Crippen MR) is 83.4 cm³/mol. The Balaban J connectivity index is 1.79. The Labute approximate surface area is 120 Å². The Morgan fingerprint density at radius 1 is 1.05 bits per heavy atom. The first kappa shape index (κ1) is 15.3. The maximum Gasteiger partial charge on any atom is 0.0125 e. The zero-order valence-electron chi connectivity index (χ0n) is 13.8. The van der Waals surface area contributed by atoms with Crippen molar-refractivity contribution in [2.75, 3.05) is 32.7 Å². The van der Waals surface area contributed by atoms with Crippen LogP contribution in [0.25, 0.3) is 0 Å². The Bertz CT molecular complexity index is 279. The van der Waals surface area contributed by atoms with Crippen LogP contribution >= 0.6 is 0 Å². The fourth-order valence-electron chi connectivity index (χ4n) is 3.76. The van der Waals surface area contributed by atoms with Gasteiger partial charge >= 0.3 is 0 Å². The lowest BCUT2D eigenvalue weighted by Crippen LogP contribution is -2.42. The molecule has 2 unspecified atom stereocenters. The molecule has 0 aliphatic carbocycles. The van der Waals surface area contributed by atoms with Gasteiger partial charge in [0.25, 0.3) is 0 Å². The number of hydrogen-bond donors (Lipinski definition) is 0. The van der Waals surface area contributed by atoms with Crippen LogP contribution in [0.2, 0.25) is 0 Å². The van der Waals surface area contributed by atoms with E-state index in [-0.39, 0.29) is 0 Å². The highest BCUT2D eigenvalue weighted by Gasteiger charge is 2.32. The van der Waals surface area contributed by atoms with Gasteiger partial charge in [-0.05, 0) is 70.9 Å². The summed E-state index contributed by atoms with van der Waals surface area (Å²) in [6, 6.07) is 0. The molecule has 112 valence electrons. The highest BCUT2D eigenvalue weighted by atomic mass is 15.2. The Hall–Kier alpha value is -0.0800. The molecule has 2 rings (SSSR count). The molecule has 2 aliphatic rings. The average molecular weight is 266 g/mol. The number of piperidine rings is 1. The van der Waals surface area contributed by atoms with Gasteiger partial charge in [-0.15, -0.1) is 0 Å². The number of likely N-dealkylation sites (tertiary alicyclic amines) is 2. The zero-order chi connectivity index (χ0) is 14.0. The SMILES string of the molecule is CC(C)C1CCCN(CC2CCN(C(C)(C)C)C2)C1. The summed E-state index contributed by atoms with van der Waals surface area (Å²) >= 11 is 0. The lowest BCUT2D eigenvalue weighted by molar-refractivity contribution is 0.119. The van der Waals surface area contributed by atoms with Gasteiger partial charge in [-0.25, -0.2) is 0 Å². The minimum atomic E-state index is 0.358. The fourth-order valence-corrected chi connectivity index (χ4v) is 3.76. The zero-order valence-corrected chi connectivity index (χ0v) is 13.8. The smallest absolute Gasteiger partial charge is 0.0125 e. The lowest BCUT2D eigenvalue weighted by atomic mass is 9.87. The second-order valence-corrected chi connectivity index (χ2v) is 8.18. The van der Waals surface area contributed by atoms with Crippen LogP contribution in [-0.4, -0.2) is 48.1 Å². The van der Waals surface area contributed by atoms with Crippen LogP contribution in [0.1, 0.15) is 53.9 Å². The van der Waals surface area contributed by atoms with E-state index in [1.165, 1.54) is 52.0 Å². The van der Waals surface area contributed by atoms with Crippen molar-refractivity contribution in [3.8, 4) is 0 Å². The quantitative estimate of drug-likeness (QED) is 0.772. The summed E-state index contributed by atoms with van der Waals surface area (Å²) in [5.74, 6) is 2.71. The minimum Gasteiger partial charge on any atom is -0.303 e. The molecule has 0 radical (unpaired) electrons. The van der Waals surface area contributed by atoms with Gasteiger partial charge in [0.05, 0.1) is 0 Å². The van der Waals surface area contributed by atoms with Crippen LogP contribution in [0.3, 0.4) is 0 Å². The van der Waals surface area contributed by atoms with E-state index in [0.29, 0.717) is 5.54 Å². The van der Waals surface area contributed by atoms with E-state index < -0.39 is 0 Å². The Kier molecular flexibility index (Phi) is 4.94. The highest BCUT2D eigenvalue weighted by molar-refractivity contribution is 4.87. The van der Waals surface area contributed by atoms with Crippen molar-refractivity contribution in [2.24, 2.45) is 17.8 Å². The standard InChI is InChI=1S/C17H34N2/c1-14(2)16-7-6-9-18(13-16)11-15-8-10-19(12-15)17(3,4)5/h14-16H,6-13H2,1-5H3. The second kappa shape index (κ2) is 6.13. The van der Waals surface area contributed by atoms with Crippen LogP contribution in [0.4, 0.5) is 0 Å². The van der Waals surface area contributed by atoms with E-state index in [4.69, 9.17) is 0 Å². The third kappa shape index (κ3) is 4.19. The maximum absolute atomic E-state index is 2.75. The second-order valence-electron chi connectivity index (χ2n) is 8.18. The van der Waals surface area contributed by atoms with E-state index >= 15 is 0 Å². The maximum atomic E-state index is 2.75. The molecule has 0 amide bonds. The molecular formula is C17H34N2. The van der Waals surface area contributed by atoms with Gasteiger partial charge < -0.3 is 4.90 Å². The first-order chi connectivity index (χ1) is 8.86. The largest absolute Gasteiger partial charge is 0.303 e. The summed E-state index contributed by atoms with van der Waals surface area (Å²) in [7, 11) is 0. The summed E-state index contributed by atoms with van der Waals surface area (Å²) in [5.41, 5.74) is 0.358. The molecule has 2 fully saturated rings. The van der Waals surface area contributed by atoms with Crippen molar-refractivity contribution in [3.63, 3.8) is 0 Å². The van der Waals surface area contributed by atoms with Gasteiger partial charge in [0.1, 0.15) is 0 Å². The first-order valence-corrected chi connectivity index (χ1v) is 8.33. The average Bonchev–Trinajstić information content (AvgIpc) is 2.77. The first-order valence-electron chi connectivity index (χ1n) is 8.33. The molecule has 2 heterocycles. The molecule has 2 atom stereocenters. The van der Waals surface area contributed by atoms with Crippen LogP contribution in [0, 0.1) is 17.8 Å². The molecule has 2 nitrogen and oxygen atoms in total. The number of nitrogens with zero attached hydrogens (tertiary/aromatic N) is 2. The Morgan fingerprint density at radius 2 is 1.79 bits per heavy atom. The van der Waals surface area contributed by atoms with Crippen LogP contribution in [0.15, 0.2) is 0 Å². The van der Waals surface area contributed by atoms with Crippen molar-refractivity contribution in [3.05, 3.63) is 0 Å². The van der Waals surface area contributed by atoms with Crippen molar-refractivity contribution in [1.29, 1.82) is 0 Å². The molecule has 0 saturated carbocycles. The van der Waals surface area contributed by atoms with Gasteiger partial charge in [0.15, 0.2) is 0 Å². The summed E-state index contributed by atoms with van der Waals surface area (Å²) in [6.07, 6.45) is 4.27. The topological polar surface area (TPSA) is 6.48 Å². The highest BCUT2D eigenvalue weighted by Crippen LogP contribution is 2.28. The van der Waals surface area contributed by atoms with Gasteiger partial charge in [-0.2, -0.15) is 0 Å². The Morgan fingerprint density at radius 3 is 2.37 bits per heavy atom. The molecule has 0 aromatic carbocycles. The van der Waals surface area contributed by atoms with Gasteiger partial charge in [0, 0.05) is 25.2 Å².